The second-order valence-corrected chi connectivity index (χ2v) is 4.18. The van der Waals surface area contributed by atoms with E-state index in [4.69, 9.17) is 20.3 Å². The zero-order chi connectivity index (χ0) is 14.4. The summed E-state index contributed by atoms with van der Waals surface area (Å²) in [7, 11) is 0. The molecule has 2 N–H and O–H groups in total. The third-order valence-corrected chi connectivity index (χ3v) is 2.53. The first-order chi connectivity index (χ1) is 9.74. The highest BCUT2D eigenvalue weighted by atomic mass is 16.5. The molecule has 0 aromatic carbocycles. The van der Waals surface area contributed by atoms with Gasteiger partial charge >= 0.3 is 0 Å². The number of aromatic nitrogens is 3. The quantitative estimate of drug-likeness (QED) is 0.792. The summed E-state index contributed by atoms with van der Waals surface area (Å²) in [4.78, 5) is 8.26. The van der Waals surface area contributed by atoms with Crippen LogP contribution in [0.15, 0.2) is 22.9 Å². The first-order valence-electron chi connectivity index (χ1n) is 6.28. The zero-order valence-electron chi connectivity index (χ0n) is 11.1. The van der Waals surface area contributed by atoms with Crippen LogP contribution >= 0.6 is 0 Å². The fourth-order valence-electron chi connectivity index (χ4n) is 1.51. The number of nitrogens with two attached hydrogens (primary N) is 1. The van der Waals surface area contributed by atoms with Crippen molar-refractivity contribution in [2.45, 2.75) is 19.4 Å². The number of hydrogen-bond acceptors (Lipinski definition) is 7. The molecule has 0 amide bonds. The molecule has 0 saturated heterocycles. The van der Waals surface area contributed by atoms with Crippen molar-refractivity contribution < 1.29 is 9.26 Å². The van der Waals surface area contributed by atoms with E-state index in [0.29, 0.717) is 30.3 Å². The van der Waals surface area contributed by atoms with Crippen LogP contribution in [0.2, 0.25) is 0 Å². The number of hydrogen-bond donors (Lipinski definition) is 1. The Morgan fingerprint density at radius 1 is 1.50 bits per heavy atom. The van der Waals surface area contributed by atoms with E-state index in [1.807, 2.05) is 13.0 Å². The molecule has 2 aromatic rings. The van der Waals surface area contributed by atoms with Crippen molar-refractivity contribution in [1.82, 2.24) is 15.1 Å². The van der Waals surface area contributed by atoms with Gasteiger partial charge in [0.1, 0.15) is 11.8 Å². The third-order valence-electron chi connectivity index (χ3n) is 2.53. The van der Waals surface area contributed by atoms with Gasteiger partial charge in [0, 0.05) is 12.8 Å². The molecule has 0 aliphatic carbocycles. The van der Waals surface area contributed by atoms with E-state index in [1.54, 1.807) is 12.1 Å². The summed E-state index contributed by atoms with van der Waals surface area (Å²) < 4.78 is 10.5. The molecule has 2 aromatic heterocycles. The van der Waals surface area contributed by atoms with Crippen LogP contribution in [-0.4, -0.2) is 28.3 Å². The molecule has 20 heavy (non-hydrogen) atoms. The van der Waals surface area contributed by atoms with Crippen molar-refractivity contribution in [2.75, 3.05) is 13.2 Å². The molecule has 0 aliphatic rings. The molecule has 0 aliphatic heterocycles. The van der Waals surface area contributed by atoms with E-state index in [0.717, 1.165) is 6.42 Å². The fourth-order valence-corrected chi connectivity index (χ4v) is 1.51. The van der Waals surface area contributed by atoms with Crippen LogP contribution < -0.4 is 5.73 Å². The van der Waals surface area contributed by atoms with Crippen LogP contribution in [-0.2, 0) is 4.74 Å². The van der Waals surface area contributed by atoms with Gasteiger partial charge in [0.05, 0.1) is 18.2 Å². The number of nitriles is 1. The van der Waals surface area contributed by atoms with Crippen molar-refractivity contribution in [3.05, 3.63) is 29.7 Å². The molecular formula is C13H15N5O2. The number of nitrogens with zero attached hydrogens (tertiary/aromatic N) is 4. The second-order valence-electron chi connectivity index (χ2n) is 4.18. The molecule has 0 radical (unpaired) electrons. The molecule has 0 bridgehead atoms. The van der Waals surface area contributed by atoms with E-state index in [1.165, 1.54) is 6.20 Å². The largest absolute Gasteiger partial charge is 0.379 e. The Hall–Kier alpha value is -2.30. The van der Waals surface area contributed by atoms with Gasteiger partial charge in [-0.2, -0.15) is 10.2 Å². The van der Waals surface area contributed by atoms with Crippen molar-refractivity contribution in [3.8, 4) is 17.7 Å². The maximum atomic E-state index is 8.71. The first kappa shape index (κ1) is 14.1. The topological polar surface area (TPSA) is 111 Å². The summed E-state index contributed by atoms with van der Waals surface area (Å²) in [5.74, 6) is 0.651. The number of rotatable bonds is 6. The van der Waals surface area contributed by atoms with Gasteiger partial charge < -0.3 is 15.0 Å². The second kappa shape index (κ2) is 6.75. The molecule has 2 heterocycles. The molecule has 0 saturated carbocycles. The average Bonchev–Trinajstić information content (AvgIpc) is 2.97. The van der Waals surface area contributed by atoms with Gasteiger partial charge in [-0.1, -0.05) is 12.1 Å². The predicted molar refractivity (Wildman–Crippen MR) is 70.3 cm³/mol. The number of pyridine rings is 1. The molecule has 104 valence electrons. The smallest absolute Gasteiger partial charge is 0.276 e. The molecule has 0 fully saturated rings. The fraction of sp³-hybridized carbons (Fsp3) is 0.385. The lowest BCUT2D eigenvalue weighted by atomic mass is 10.2. The Balaban J connectivity index is 2.06. The molecule has 2 rings (SSSR count). The Kier molecular flexibility index (Phi) is 4.76. The maximum absolute atomic E-state index is 8.71. The van der Waals surface area contributed by atoms with Gasteiger partial charge in [-0.05, 0) is 18.6 Å². The Morgan fingerprint density at radius 2 is 2.35 bits per heavy atom. The molecular weight excluding hydrogens is 258 g/mol. The highest BCUT2D eigenvalue weighted by Crippen LogP contribution is 2.16. The highest BCUT2D eigenvalue weighted by molar-refractivity contribution is 5.47. The van der Waals surface area contributed by atoms with E-state index in [-0.39, 0.29) is 5.89 Å². The van der Waals surface area contributed by atoms with Gasteiger partial charge in [0.25, 0.3) is 5.89 Å². The standard InChI is InChI=1S/C13H15N5O2/c1-2-5-19-8-10(15)12-17-13(20-18-12)11-4-3-9(6-14)7-16-11/h3-4,7,10H,2,5,8,15H2,1H3. The summed E-state index contributed by atoms with van der Waals surface area (Å²) in [6, 6.07) is 4.84. The van der Waals surface area contributed by atoms with Crippen LogP contribution in [0.25, 0.3) is 11.6 Å². The summed E-state index contributed by atoms with van der Waals surface area (Å²) in [6.07, 6.45) is 2.38. The SMILES string of the molecule is CCCOCC(N)c1noc(-c2ccc(C#N)cn2)n1. The predicted octanol–water partition coefficient (Wildman–Crippen LogP) is 1.43. The third kappa shape index (κ3) is 3.38. The van der Waals surface area contributed by atoms with Crippen molar-refractivity contribution in [3.63, 3.8) is 0 Å². The van der Waals surface area contributed by atoms with E-state index in [9.17, 15) is 0 Å². The van der Waals surface area contributed by atoms with Gasteiger partial charge in [-0.3, -0.25) is 0 Å². The maximum Gasteiger partial charge on any atom is 0.276 e. The van der Waals surface area contributed by atoms with Gasteiger partial charge in [0.15, 0.2) is 5.82 Å². The van der Waals surface area contributed by atoms with Gasteiger partial charge in [0.2, 0.25) is 0 Å². The normalized spacial score (nSPS) is 12.1. The van der Waals surface area contributed by atoms with Gasteiger partial charge in [-0.15, -0.1) is 0 Å². The van der Waals surface area contributed by atoms with Gasteiger partial charge in [-0.25, -0.2) is 4.98 Å². The van der Waals surface area contributed by atoms with Crippen LogP contribution in [0, 0.1) is 11.3 Å². The molecule has 0 spiro atoms. The summed E-state index contributed by atoms with van der Waals surface area (Å²) in [6.45, 7) is 3.01. The van der Waals surface area contributed by atoms with Crippen molar-refractivity contribution in [1.29, 1.82) is 5.26 Å². The Bertz CT molecular complexity index is 588. The van der Waals surface area contributed by atoms with Crippen LogP contribution in [0.3, 0.4) is 0 Å². The lowest BCUT2D eigenvalue weighted by molar-refractivity contribution is 0.119. The van der Waals surface area contributed by atoms with E-state index in [2.05, 4.69) is 15.1 Å². The minimum absolute atomic E-state index is 0.274. The molecule has 1 atom stereocenters. The lowest BCUT2D eigenvalue weighted by Crippen LogP contribution is -2.18. The van der Waals surface area contributed by atoms with Crippen molar-refractivity contribution in [2.24, 2.45) is 5.73 Å². The molecule has 7 heteroatoms. The summed E-state index contributed by atoms with van der Waals surface area (Å²) >= 11 is 0. The average molecular weight is 273 g/mol. The highest BCUT2D eigenvalue weighted by Gasteiger charge is 2.16. The Morgan fingerprint density at radius 3 is 3.00 bits per heavy atom. The summed E-state index contributed by atoms with van der Waals surface area (Å²) in [5, 5.41) is 12.5. The Labute approximate surface area is 116 Å². The minimum Gasteiger partial charge on any atom is -0.379 e. The lowest BCUT2D eigenvalue weighted by Gasteiger charge is -2.06. The summed E-state index contributed by atoms with van der Waals surface area (Å²) in [5.41, 5.74) is 6.87. The van der Waals surface area contributed by atoms with E-state index >= 15 is 0 Å². The first-order valence-corrected chi connectivity index (χ1v) is 6.28. The minimum atomic E-state index is -0.433. The van der Waals surface area contributed by atoms with Crippen LogP contribution in [0.4, 0.5) is 0 Å². The molecule has 7 nitrogen and oxygen atoms in total. The monoisotopic (exact) mass is 273 g/mol. The van der Waals surface area contributed by atoms with Crippen LogP contribution in [0.5, 0.6) is 0 Å². The van der Waals surface area contributed by atoms with Crippen LogP contribution in [0.1, 0.15) is 30.8 Å². The molecule has 1 unspecified atom stereocenters. The van der Waals surface area contributed by atoms with Crippen molar-refractivity contribution >= 4 is 0 Å². The zero-order valence-corrected chi connectivity index (χ0v) is 11.1. The number of ether oxygens (including phenoxy) is 1. The van der Waals surface area contributed by atoms with E-state index < -0.39 is 6.04 Å².